The Kier molecular flexibility index (Phi) is 3.77. The molecule has 1 aliphatic heterocycles. The molecule has 0 aliphatic carbocycles. The standard InChI is InChI=1S/C11H14O3/c1-8-3-9(2)5-11(13)7-14-6-10(12)4-8/h4-5H,3,6-7H2,1-2H3/b8-4-,9-5-. The summed E-state index contributed by atoms with van der Waals surface area (Å²) >= 11 is 0. The minimum absolute atomic E-state index is 0.00400. The summed E-state index contributed by atoms with van der Waals surface area (Å²) in [5.74, 6) is -0.157. The predicted octanol–water partition coefficient (Wildman–Crippen LogP) is 1.44. The molecule has 14 heavy (non-hydrogen) atoms. The van der Waals surface area contributed by atoms with E-state index in [1.54, 1.807) is 12.2 Å². The van der Waals surface area contributed by atoms with E-state index in [-0.39, 0.29) is 24.8 Å². The Labute approximate surface area is 83.4 Å². The van der Waals surface area contributed by atoms with E-state index in [2.05, 4.69) is 0 Å². The zero-order valence-corrected chi connectivity index (χ0v) is 8.50. The number of allylic oxidation sites excluding steroid dienone is 2. The summed E-state index contributed by atoms with van der Waals surface area (Å²) in [6, 6.07) is 0. The van der Waals surface area contributed by atoms with Crippen molar-refractivity contribution in [3.05, 3.63) is 23.3 Å². The van der Waals surface area contributed by atoms with Crippen LogP contribution in [0, 0.1) is 0 Å². The third kappa shape index (κ3) is 3.66. The first-order valence-corrected chi connectivity index (χ1v) is 4.55. The van der Waals surface area contributed by atoms with Gasteiger partial charge in [0.1, 0.15) is 13.2 Å². The monoisotopic (exact) mass is 194 g/mol. The van der Waals surface area contributed by atoms with Crippen LogP contribution in [-0.4, -0.2) is 24.8 Å². The van der Waals surface area contributed by atoms with Gasteiger partial charge in [0.25, 0.3) is 0 Å². The number of carbonyl (C=O) groups is 2. The average Bonchev–Trinajstić information content (AvgIpc) is 2.01. The molecule has 0 aromatic heterocycles. The molecule has 76 valence electrons. The van der Waals surface area contributed by atoms with Gasteiger partial charge in [-0.2, -0.15) is 0 Å². The predicted molar refractivity (Wildman–Crippen MR) is 53.0 cm³/mol. The minimum atomic E-state index is -0.0787. The van der Waals surface area contributed by atoms with Crippen molar-refractivity contribution in [2.45, 2.75) is 20.3 Å². The fourth-order valence-corrected chi connectivity index (χ4v) is 1.43. The van der Waals surface area contributed by atoms with Crippen molar-refractivity contribution in [2.24, 2.45) is 0 Å². The summed E-state index contributed by atoms with van der Waals surface area (Å²) in [4.78, 5) is 22.4. The first-order chi connectivity index (χ1) is 6.58. The van der Waals surface area contributed by atoms with Gasteiger partial charge in [-0.15, -0.1) is 0 Å². The van der Waals surface area contributed by atoms with Crippen LogP contribution in [0.2, 0.25) is 0 Å². The van der Waals surface area contributed by atoms with Crippen molar-refractivity contribution in [3.63, 3.8) is 0 Å². The molecule has 3 nitrogen and oxygen atoms in total. The van der Waals surface area contributed by atoms with Crippen molar-refractivity contribution in [1.82, 2.24) is 0 Å². The smallest absolute Gasteiger partial charge is 0.181 e. The summed E-state index contributed by atoms with van der Waals surface area (Å²) < 4.78 is 4.94. The fourth-order valence-electron chi connectivity index (χ4n) is 1.43. The van der Waals surface area contributed by atoms with E-state index >= 15 is 0 Å². The molecule has 1 rings (SSSR count). The molecule has 0 atom stereocenters. The first-order valence-electron chi connectivity index (χ1n) is 4.55. The lowest BCUT2D eigenvalue weighted by molar-refractivity contribution is -0.123. The van der Waals surface area contributed by atoms with Gasteiger partial charge in [0.15, 0.2) is 11.6 Å². The average molecular weight is 194 g/mol. The van der Waals surface area contributed by atoms with Gasteiger partial charge < -0.3 is 4.74 Å². The summed E-state index contributed by atoms with van der Waals surface area (Å²) in [6.45, 7) is 3.74. The van der Waals surface area contributed by atoms with Crippen LogP contribution in [0.5, 0.6) is 0 Å². The van der Waals surface area contributed by atoms with E-state index in [0.717, 1.165) is 11.1 Å². The molecule has 1 aliphatic rings. The lowest BCUT2D eigenvalue weighted by Gasteiger charge is -2.05. The van der Waals surface area contributed by atoms with Crippen LogP contribution in [0.1, 0.15) is 20.3 Å². The van der Waals surface area contributed by atoms with Crippen molar-refractivity contribution in [1.29, 1.82) is 0 Å². The third-order valence-electron chi connectivity index (χ3n) is 1.86. The molecular weight excluding hydrogens is 180 g/mol. The number of ether oxygens (including phenoxy) is 1. The van der Waals surface area contributed by atoms with Crippen LogP contribution in [-0.2, 0) is 14.3 Å². The normalized spacial score (nSPS) is 27.6. The molecule has 0 aromatic rings. The second-order valence-electron chi connectivity index (χ2n) is 3.58. The molecule has 0 spiro atoms. The second kappa shape index (κ2) is 4.86. The molecule has 3 heteroatoms. The van der Waals surface area contributed by atoms with Crippen molar-refractivity contribution in [3.8, 4) is 0 Å². The maximum absolute atomic E-state index is 11.2. The van der Waals surface area contributed by atoms with E-state index in [9.17, 15) is 9.59 Å². The number of carbonyl (C=O) groups excluding carboxylic acids is 2. The molecule has 0 saturated heterocycles. The topological polar surface area (TPSA) is 43.4 Å². The second-order valence-corrected chi connectivity index (χ2v) is 3.58. The maximum atomic E-state index is 11.2. The number of hydrogen-bond acceptors (Lipinski definition) is 3. The summed E-state index contributed by atoms with van der Waals surface area (Å²) in [5.41, 5.74) is 1.92. The van der Waals surface area contributed by atoms with Crippen LogP contribution >= 0.6 is 0 Å². The molecule has 0 N–H and O–H groups in total. The van der Waals surface area contributed by atoms with Crippen molar-refractivity contribution < 1.29 is 14.3 Å². The zero-order valence-electron chi connectivity index (χ0n) is 8.50. The van der Waals surface area contributed by atoms with Crippen LogP contribution in [0.3, 0.4) is 0 Å². The highest BCUT2D eigenvalue weighted by molar-refractivity contribution is 5.94. The molecule has 0 bridgehead atoms. The SMILES string of the molecule is C/C1=C/C(=O)COCC(=O)/C=C(/C)C1. The van der Waals surface area contributed by atoms with Gasteiger partial charge in [0.2, 0.25) is 0 Å². The molecule has 0 amide bonds. The molecule has 0 unspecified atom stereocenters. The molecule has 0 saturated carbocycles. The van der Waals surface area contributed by atoms with Gasteiger partial charge in [0, 0.05) is 0 Å². The Morgan fingerprint density at radius 1 is 1.00 bits per heavy atom. The zero-order chi connectivity index (χ0) is 10.6. The third-order valence-corrected chi connectivity index (χ3v) is 1.86. The minimum Gasteiger partial charge on any atom is -0.365 e. The Balaban J connectivity index is 2.82. The highest BCUT2D eigenvalue weighted by Gasteiger charge is 2.06. The number of rotatable bonds is 0. The van der Waals surface area contributed by atoms with E-state index in [1.807, 2.05) is 13.8 Å². The largest absolute Gasteiger partial charge is 0.365 e. The highest BCUT2D eigenvalue weighted by atomic mass is 16.5. The molecule has 0 fully saturated rings. The van der Waals surface area contributed by atoms with E-state index in [1.165, 1.54) is 0 Å². The van der Waals surface area contributed by atoms with Gasteiger partial charge in [-0.25, -0.2) is 0 Å². The Morgan fingerprint density at radius 2 is 1.43 bits per heavy atom. The van der Waals surface area contributed by atoms with Gasteiger partial charge in [-0.3, -0.25) is 9.59 Å². The van der Waals surface area contributed by atoms with Gasteiger partial charge >= 0.3 is 0 Å². The van der Waals surface area contributed by atoms with Gasteiger partial charge in [-0.1, -0.05) is 11.1 Å². The van der Waals surface area contributed by atoms with E-state index in [0.29, 0.717) is 6.42 Å². The lowest BCUT2D eigenvalue weighted by atomic mass is 10.1. The van der Waals surface area contributed by atoms with Crippen molar-refractivity contribution in [2.75, 3.05) is 13.2 Å². The summed E-state index contributed by atoms with van der Waals surface area (Å²) in [7, 11) is 0. The van der Waals surface area contributed by atoms with Gasteiger partial charge in [-0.05, 0) is 32.4 Å². The number of ketones is 2. The number of hydrogen-bond donors (Lipinski definition) is 0. The van der Waals surface area contributed by atoms with Crippen LogP contribution in [0.15, 0.2) is 23.3 Å². The lowest BCUT2D eigenvalue weighted by Crippen LogP contribution is -2.13. The summed E-state index contributed by atoms with van der Waals surface area (Å²) in [6.07, 6.45) is 3.83. The molecule has 0 aromatic carbocycles. The Hall–Kier alpha value is -1.22. The maximum Gasteiger partial charge on any atom is 0.181 e. The van der Waals surface area contributed by atoms with E-state index < -0.39 is 0 Å². The molecular formula is C11H14O3. The summed E-state index contributed by atoms with van der Waals surface area (Å²) in [5, 5.41) is 0. The highest BCUT2D eigenvalue weighted by Crippen LogP contribution is 2.10. The van der Waals surface area contributed by atoms with Crippen molar-refractivity contribution >= 4 is 11.6 Å². The van der Waals surface area contributed by atoms with Crippen LogP contribution in [0.25, 0.3) is 0 Å². The Bertz CT molecular complexity index is 280. The van der Waals surface area contributed by atoms with Crippen LogP contribution < -0.4 is 0 Å². The first kappa shape index (κ1) is 10.9. The molecule has 1 heterocycles. The molecule has 0 radical (unpaired) electrons. The van der Waals surface area contributed by atoms with Crippen LogP contribution in [0.4, 0.5) is 0 Å². The van der Waals surface area contributed by atoms with E-state index in [4.69, 9.17) is 4.74 Å². The Morgan fingerprint density at radius 3 is 1.86 bits per heavy atom. The van der Waals surface area contributed by atoms with Gasteiger partial charge in [0.05, 0.1) is 0 Å². The quantitative estimate of drug-likeness (QED) is 0.586. The fraction of sp³-hybridized carbons (Fsp3) is 0.455.